The van der Waals surface area contributed by atoms with Crippen LogP contribution in [-0.2, 0) is 4.74 Å². The minimum atomic E-state index is 0.443. The Morgan fingerprint density at radius 1 is 1.25 bits per heavy atom. The first-order chi connectivity index (χ1) is 7.60. The molecule has 0 bridgehead atoms. The molecule has 0 spiro atoms. The zero-order valence-electron chi connectivity index (χ0n) is 11.9. The first-order valence-electron chi connectivity index (χ1n) is 6.80. The molecule has 0 aromatic carbocycles. The van der Waals surface area contributed by atoms with E-state index in [0.29, 0.717) is 5.41 Å². The quantitative estimate of drug-likeness (QED) is 0.579. The van der Waals surface area contributed by atoms with E-state index in [1.165, 1.54) is 25.7 Å². The van der Waals surface area contributed by atoms with Crippen LogP contribution in [0.25, 0.3) is 0 Å². The lowest BCUT2D eigenvalue weighted by Gasteiger charge is -2.36. The van der Waals surface area contributed by atoms with Crippen molar-refractivity contribution in [3.63, 3.8) is 0 Å². The van der Waals surface area contributed by atoms with Crippen molar-refractivity contribution in [2.24, 2.45) is 11.3 Å². The smallest absolute Gasteiger partial charge is 0.0587 e. The molecule has 1 N–H and O–H groups in total. The highest BCUT2D eigenvalue weighted by atomic mass is 16.5. The van der Waals surface area contributed by atoms with Crippen LogP contribution in [0.2, 0.25) is 0 Å². The van der Waals surface area contributed by atoms with Crippen molar-refractivity contribution in [1.82, 2.24) is 5.32 Å². The average Bonchev–Trinajstić information content (AvgIpc) is 2.25. The summed E-state index contributed by atoms with van der Waals surface area (Å²) in [5.74, 6) is 0.799. The molecule has 2 atom stereocenters. The van der Waals surface area contributed by atoms with E-state index in [1.54, 1.807) is 7.11 Å². The fourth-order valence-electron chi connectivity index (χ4n) is 2.41. The molecule has 0 heterocycles. The Balaban J connectivity index is 4.09. The number of methoxy groups -OCH3 is 1. The Morgan fingerprint density at radius 2 is 1.94 bits per heavy atom. The van der Waals surface area contributed by atoms with Crippen molar-refractivity contribution in [2.45, 2.75) is 53.4 Å². The van der Waals surface area contributed by atoms with E-state index in [2.05, 4.69) is 33.0 Å². The van der Waals surface area contributed by atoms with Crippen LogP contribution in [0, 0.1) is 11.3 Å². The van der Waals surface area contributed by atoms with Gasteiger partial charge in [0.2, 0.25) is 0 Å². The molecule has 0 fully saturated rings. The van der Waals surface area contributed by atoms with Gasteiger partial charge in [0.15, 0.2) is 0 Å². The summed E-state index contributed by atoms with van der Waals surface area (Å²) in [6.45, 7) is 12.3. The number of rotatable bonds is 10. The highest BCUT2D eigenvalue weighted by Crippen LogP contribution is 2.34. The molecule has 0 aliphatic heterocycles. The lowest BCUT2D eigenvalue weighted by atomic mass is 9.72. The molecule has 2 heteroatoms. The second kappa shape index (κ2) is 9.00. The minimum absolute atomic E-state index is 0.443. The largest absolute Gasteiger partial charge is 0.383 e. The maximum atomic E-state index is 5.06. The maximum absolute atomic E-state index is 5.06. The van der Waals surface area contributed by atoms with Crippen molar-refractivity contribution in [3.05, 3.63) is 0 Å². The third kappa shape index (κ3) is 5.86. The molecule has 0 radical (unpaired) electrons. The molecule has 2 unspecified atom stereocenters. The highest BCUT2D eigenvalue weighted by Gasteiger charge is 2.28. The van der Waals surface area contributed by atoms with Gasteiger partial charge in [0.05, 0.1) is 6.61 Å². The summed E-state index contributed by atoms with van der Waals surface area (Å²) >= 11 is 0. The van der Waals surface area contributed by atoms with E-state index in [4.69, 9.17) is 4.74 Å². The predicted molar refractivity (Wildman–Crippen MR) is 71.8 cm³/mol. The lowest BCUT2D eigenvalue weighted by Crippen LogP contribution is -2.38. The Bertz CT molecular complexity index is 161. The van der Waals surface area contributed by atoms with Gasteiger partial charge >= 0.3 is 0 Å². The summed E-state index contributed by atoms with van der Waals surface area (Å²) < 4.78 is 5.06. The van der Waals surface area contributed by atoms with Gasteiger partial charge in [-0.15, -0.1) is 0 Å². The van der Waals surface area contributed by atoms with Gasteiger partial charge in [-0.25, -0.2) is 0 Å². The second-order valence-electron chi connectivity index (χ2n) is 5.26. The van der Waals surface area contributed by atoms with Crippen LogP contribution in [0.4, 0.5) is 0 Å². The van der Waals surface area contributed by atoms with Gasteiger partial charge in [-0.2, -0.15) is 0 Å². The number of hydrogen-bond acceptors (Lipinski definition) is 2. The van der Waals surface area contributed by atoms with E-state index < -0.39 is 0 Å². The molecule has 0 saturated carbocycles. The third-order valence-electron chi connectivity index (χ3n) is 3.74. The van der Waals surface area contributed by atoms with Crippen molar-refractivity contribution >= 4 is 0 Å². The summed E-state index contributed by atoms with van der Waals surface area (Å²) in [6.07, 6.45) is 5.21. The monoisotopic (exact) mass is 229 g/mol. The molecule has 2 nitrogen and oxygen atoms in total. The second-order valence-corrected chi connectivity index (χ2v) is 5.26. The lowest BCUT2D eigenvalue weighted by molar-refractivity contribution is 0.151. The van der Waals surface area contributed by atoms with Crippen molar-refractivity contribution in [3.8, 4) is 0 Å². The van der Waals surface area contributed by atoms with Crippen molar-refractivity contribution < 1.29 is 4.74 Å². The van der Waals surface area contributed by atoms with Crippen molar-refractivity contribution in [2.75, 3.05) is 26.8 Å². The van der Waals surface area contributed by atoms with Crippen LogP contribution in [0.1, 0.15) is 53.4 Å². The fourth-order valence-corrected chi connectivity index (χ4v) is 2.41. The summed E-state index contributed by atoms with van der Waals surface area (Å²) in [4.78, 5) is 0. The van der Waals surface area contributed by atoms with E-state index in [-0.39, 0.29) is 0 Å². The van der Waals surface area contributed by atoms with E-state index >= 15 is 0 Å². The summed E-state index contributed by atoms with van der Waals surface area (Å²) in [5.41, 5.74) is 0.443. The molecule has 0 aromatic rings. The maximum Gasteiger partial charge on any atom is 0.0587 e. The van der Waals surface area contributed by atoms with Crippen LogP contribution in [0.15, 0.2) is 0 Å². The Kier molecular flexibility index (Phi) is 8.96. The summed E-state index contributed by atoms with van der Waals surface area (Å²) in [6, 6.07) is 0. The van der Waals surface area contributed by atoms with Crippen LogP contribution in [0.3, 0.4) is 0 Å². The zero-order valence-corrected chi connectivity index (χ0v) is 11.9. The van der Waals surface area contributed by atoms with E-state index in [1.807, 2.05) is 0 Å². The van der Waals surface area contributed by atoms with Gasteiger partial charge in [0.1, 0.15) is 0 Å². The van der Waals surface area contributed by atoms with Gasteiger partial charge in [-0.3, -0.25) is 0 Å². The third-order valence-corrected chi connectivity index (χ3v) is 3.74. The van der Waals surface area contributed by atoms with Gasteiger partial charge in [0.25, 0.3) is 0 Å². The number of ether oxygens (including phenoxy) is 1. The molecule has 16 heavy (non-hydrogen) atoms. The van der Waals surface area contributed by atoms with E-state index in [0.717, 1.165) is 25.6 Å². The predicted octanol–water partition coefficient (Wildman–Crippen LogP) is 3.47. The minimum Gasteiger partial charge on any atom is -0.383 e. The highest BCUT2D eigenvalue weighted by molar-refractivity contribution is 4.81. The van der Waals surface area contributed by atoms with E-state index in [9.17, 15) is 0 Å². The first kappa shape index (κ1) is 15.9. The SMILES string of the molecule is CCCC(C)C(C)(CCC)CNCCOC. The van der Waals surface area contributed by atoms with Crippen LogP contribution in [-0.4, -0.2) is 26.8 Å². The average molecular weight is 229 g/mol. The topological polar surface area (TPSA) is 21.3 Å². The molecule has 0 saturated heterocycles. The molecule has 98 valence electrons. The fraction of sp³-hybridized carbons (Fsp3) is 1.00. The Hall–Kier alpha value is -0.0800. The first-order valence-corrected chi connectivity index (χ1v) is 6.80. The Morgan fingerprint density at radius 3 is 2.44 bits per heavy atom. The van der Waals surface area contributed by atoms with Crippen LogP contribution in [0.5, 0.6) is 0 Å². The summed E-state index contributed by atoms with van der Waals surface area (Å²) in [7, 11) is 1.76. The molecular formula is C14H31NO. The molecule has 0 aromatic heterocycles. The molecule has 0 rings (SSSR count). The Labute approximate surface area is 102 Å². The zero-order chi connectivity index (χ0) is 12.4. The van der Waals surface area contributed by atoms with Gasteiger partial charge in [0, 0.05) is 20.2 Å². The molecule has 0 amide bonds. The summed E-state index contributed by atoms with van der Waals surface area (Å²) in [5, 5.41) is 3.53. The van der Waals surface area contributed by atoms with Gasteiger partial charge < -0.3 is 10.1 Å². The van der Waals surface area contributed by atoms with Gasteiger partial charge in [-0.1, -0.05) is 47.0 Å². The standard InChI is InChI=1S/C14H31NO/c1-6-8-13(3)14(4,9-7-2)12-15-10-11-16-5/h13,15H,6-12H2,1-5H3. The van der Waals surface area contributed by atoms with Crippen molar-refractivity contribution in [1.29, 1.82) is 0 Å². The molecule has 0 aliphatic carbocycles. The van der Waals surface area contributed by atoms with Crippen LogP contribution < -0.4 is 5.32 Å². The normalized spacial score (nSPS) is 17.1. The van der Waals surface area contributed by atoms with Gasteiger partial charge in [-0.05, 0) is 17.8 Å². The number of hydrogen-bond donors (Lipinski definition) is 1. The number of nitrogens with one attached hydrogen (secondary N) is 1. The van der Waals surface area contributed by atoms with Crippen LogP contribution >= 0.6 is 0 Å². The molecular weight excluding hydrogens is 198 g/mol. The molecule has 0 aliphatic rings.